The van der Waals surface area contributed by atoms with Gasteiger partial charge >= 0.3 is 0 Å². The predicted octanol–water partition coefficient (Wildman–Crippen LogP) is 4.20. The van der Waals surface area contributed by atoms with Gasteiger partial charge in [0.1, 0.15) is 11.5 Å². The third kappa shape index (κ3) is 3.15. The van der Waals surface area contributed by atoms with Gasteiger partial charge in [-0.3, -0.25) is 10.1 Å². The van der Waals surface area contributed by atoms with Gasteiger partial charge in [0.25, 0.3) is 5.69 Å². The van der Waals surface area contributed by atoms with Gasteiger partial charge in [-0.25, -0.2) is 0 Å². The Labute approximate surface area is 124 Å². The van der Waals surface area contributed by atoms with Crippen molar-refractivity contribution in [3.8, 4) is 11.5 Å². The monoisotopic (exact) mass is 337 g/mol. The molecule has 0 unspecified atom stereocenters. The lowest BCUT2D eigenvalue weighted by molar-refractivity contribution is -0.384. The maximum absolute atomic E-state index is 10.8. The fourth-order valence-electron chi connectivity index (χ4n) is 1.72. The Morgan fingerprint density at radius 2 is 1.95 bits per heavy atom. The number of non-ortho nitro benzene ring substituents is 1. The van der Waals surface area contributed by atoms with Crippen LogP contribution in [-0.2, 0) is 0 Å². The third-order valence-corrected chi connectivity index (χ3v) is 3.37. The minimum Gasteiger partial charge on any atom is -0.456 e. The lowest BCUT2D eigenvalue weighted by Crippen LogP contribution is -1.97. The smallest absolute Gasteiger partial charge is 0.273 e. The quantitative estimate of drug-likeness (QED) is 0.670. The van der Waals surface area contributed by atoms with Crippen molar-refractivity contribution in [3.05, 3.63) is 62.6 Å². The normalized spacial score (nSPS) is 11.9. The minimum atomic E-state index is -0.691. The van der Waals surface area contributed by atoms with E-state index in [1.807, 2.05) is 0 Å². The topological polar surface area (TPSA) is 72.6 Å². The first kappa shape index (κ1) is 14.5. The fourth-order valence-corrected chi connectivity index (χ4v) is 2.05. The summed E-state index contributed by atoms with van der Waals surface area (Å²) >= 11 is 3.29. The molecule has 0 radical (unpaired) electrons. The number of aliphatic hydroxyl groups is 1. The van der Waals surface area contributed by atoms with Gasteiger partial charge < -0.3 is 9.84 Å². The van der Waals surface area contributed by atoms with Crippen LogP contribution in [0.3, 0.4) is 0 Å². The van der Waals surface area contributed by atoms with E-state index >= 15 is 0 Å². The summed E-state index contributed by atoms with van der Waals surface area (Å²) < 4.78 is 6.28. The summed E-state index contributed by atoms with van der Waals surface area (Å²) in [5.74, 6) is 0.788. The highest BCUT2D eigenvalue weighted by molar-refractivity contribution is 9.10. The SMILES string of the molecule is C[C@H](O)c1ccccc1Oc1cc([N+](=O)[O-])ccc1Br. The van der Waals surface area contributed by atoms with E-state index in [1.165, 1.54) is 12.1 Å². The molecule has 20 heavy (non-hydrogen) atoms. The van der Waals surface area contributed by atoms with Crippen LogP contribution in [-0.4, -0.2) is 10.0 Å². The molecule has 0 saturated heterocycles. The van der Waals surface area contributed by atoms with Crippen LogP contribution in [0, 0.1) is 10.1 Å². The number of rotatable bonds is 4. The van der Waals surface area contributed by atoms with Crippen molar-refractivity contribution in [2.75, 3.05) is 0 Å². The first-order chi connectivity index (χ1) is 9.49. The highest BCUT2D eigenvalue weighted by Gasteiger charge is 2.14. The first-order valence-corrected chi connectivity index (χ1v) is 6.67. The molecule has 2 aromatic carbocycles. The number of para-hydroxylation sites is 1. The van der Waals surface area contributed by atoms with Crippen molar-refractivity contribution in [2.24, 2.45) is 0 Å². The van der Waals surface area contributed by atoms with E-state index in [-0.39, 0.29) is 5.69 Å². The average molecular weight is 338 g/mol. The summed E-state index contributed by atoms with van der Waals surface area (Å²) in [6.07, 6.45) is -0.691. The van der Waals surface area contributed by atoms with Gasteiger partial charge in [0, 0.05) is 11.6 Å². The summed E-state index contributed by atoms with van der Waals surface area (Å²) in [7, 11) is 0. The molecule has 0 aromatic heterocycles. The van der Waals surface area contributed by atoms with E-state index in [0.717, 1.165) is 0 Å². The van der Waals surface area contributed by atoms with Crippen LogP contribution in [0.2, 0.25) is 0 Å². The number of aliphatic hydroxyl groups excluding tert-OH is 1. The first-order valence-electron chi connectivity index (χ1n) is 5.88. The zero-order valence-electron chi connectivity index (χ0n) is 10.6. The Morgan fingerprint density at radius 3 is 2.60 bits per heavy atom. The van der Waals surface area contributed by atoms with Gasteiger partial charge in [-0.05, 0) is 35.0 Å². The minimum absolute atomic E-state index is 0.0577. The molecule has 1 atom stereocenters. The van der Waals surface area contributed by atoms with Gasteiger partial charge in [-0.2, -0.15) is 0 Å². The molecule has 0 spiro atoms. The van der Waals surface area contributed by atoms with Crippen LogP contribution in [0.25, 0.3) is 0 Å². The molecule has 2 aromatic rings. The lowest BCUT2D eigenvalue weighted by atomic mass is 10.1. The summed E-state index contributed by atoms with van der Waals surface area (Å²) in [5.41, 5.74) is 0.559. The second-order valence-corrected chi connectivity index (χ2v) is 5.04. The maximum atomic E-state index is 10.8. The lowest BCUT2D eigenvalue weighted by Gasteiger charge is -2.13. The zero-order chi connectivity index (χ0) is 14.7. The Balaban J connectivity index is 2.40. The van der Waals surface area contributed by atoms with Crippen LogP contribution in [0.1, 0.15) is 18.6 Å². The molecular weight excluding hydrogens is 326 g/mol. The van der Waals surface area contributed by atoms with Crippen molar-refractivity contribution < 1.29 is 14.8 Å². The molecular formula is C14H12BrNO4. The number of ether oxygens (including phenoxy) is 1. The van der Waals surface area contributed by atoms with E-state index in [9.17, 15) is 15.2 Å². The fraction of sp³-hybridized carbons (Fsp3) is 0.143. The largest absolute Gasteiger partial charge is 0.456 e. The molecule has 0 heterocycles. The molecule has 0 aliphatic heterocycles. The van der Waals surface area contributed by atoms with Gasteiger partial charge in [-0.1, -0.05) is 18.2 Å². The molecule has 6 heteroatoms. The third-order valence-electron chi connectivity index (χ3n) is 2.71. The molecule has 0 saturated carbocycles. The summed E-state index contributed by atoms with van der Waals surface area (Å²) in [5, 5.41) is 20.5. The number of hydrogen-bond donors (Lipinski definition) is 1. The van der Waals surface area contributed by atoms with E-state index < -0.39 is 11.0 Å². The average Bonchev–Trinajstić information content (AvgIpc) is 2.41. The van der Waals surface area contributed by atoms with Crippen LogP contribution in [0.4, 0.5) is 5.69 Å². The molecule has 5 nitrogen and oxygen atoms in total. The van der Waals surface area contributed by atoms with E-state index in [2.05, 4.69) is 15.9 Å². The van der Waals surface area contributed by atoms with Crippen molar-refractivity contribution in [1.82, 2.24) is 0 Å². The standard InChI is InChI=1S/C14H12BrNO4/c1-9(17)11-4-2-3-5-13(11)20-14-8-10(16(18)19)6-7-12(14)15/h2-9,17H,1H3/t9-/m0/s1. The van der Waals surface area contributed by atoms with Gasteiger partial charge in [0.15, 0.2) is 0 Å². The second-order valence-electron chi connectivity index (χ2n) is 4.19. The molecule has 0 aliphatic rings. The maximum Gasteiger partial charge on any atom is 0.273 e. The Bertz CT molecular complexity index is 643. The van der Waals surface area contributed by atoms with E-state index in [0.29, 0.717) is 21.5 Å². The number of benzene rings is 2. The van der Waals surface area contributed by atoms with Crippen LogP contribution in [0.15, 0.2) is 46.9 Å². The predicted molar refractivity (Wildman–Crippen MR) is 77.9 cm³/mol. The molecule has 0 fully saturated rings. The van der Waals surface area contributed by atoms with E-state index in [1.54, 1.807) is 37.3 Å². The van der Waals surface area contributed by atoms with Crippen molar-refractivity contribution in [3.63, 3.8) is 0 Å². The number of hydrogen-bond acceptors (Lipinski definition) is 4. The Hall–Kier alpha value is -1.92. The molecule has 0 bridgehead atoms. The van der Waals surface area contributed by atoms with Crippen molar-refractivity contribution in [2.45, 2.75) is 13.0 Å². The summed E-state index contributed by atoms with van der Waals surface area (Å²) in [4.78, 5) is 10.3. The molecule has 0 amide bonds. The van der Waals surface area contributed by atoms with E-state index in [4.69, 9.17) is 4.74 Å². The Morgan fingerprint density at radius 1 is 1.25 bits per heavy atom. The number of nitro groups is 1. The molecule has 0 aliphatic carbocycles. The number of nitrogens with zero attached hydrogens (tertiary/aromatic N) is 1. The summed E-state index contributed by atoms with van der Waals surface area (Å²) in [6.45, 7) is 1.63. The van der Waals surface area contributed by atoms with Gasteiger partial charge in [0.05, 0.1) is 21.6 Å². The highest BCUT2D eigenvalue weighted by Crippen LogP contribution is 2.35. The molecule has 2 rings (SSSR count). The van der Waals surface area contributed by atoms with Crippen molar-refractivity contribution in [1.29, 1.82) is 0 Å². The summed E-state index contributed by atoms with van der Waals surface area (Å²) in [6, 6.07) is 11.3. The number of nitro benzene ring substituents is 1. The Kier molecular flexibility index (Phi) is 4.36. The van der Waals surface area contributed by atoms with Crippen LogP contribution < -0.4 is 4.74 Å². The number of halogens is 1. The molecule has 104 valence electrons. The van der Waals surface area contributed by atoms with Crippen LogP contribution >= 0.6 is 15.9 Å². The zero-order valence-corrected chi connectivity index (χ0v) is 12.2. The second kappa shape index (κ2) is 6.02. The highest BCUT2D eigenvalue weighted by atomic mass is 79.9. The molecule has 1 N–H and O–H groups in total. The van der Waals surface area contributed by atoms with Gasteiger partial charge in [-0.15, -0.1) is 0 Å². The van der Waals surface area contributed by atoms with Gasteiger partial charge in [0.2, 0.25) is 0 Å². The van der Waals surface area contributed by atoms with Crippen molar-refractivity contribution >= 4 is 21.6 Å². The van der Waals surface area contributed by atoms with Crippen LogP contribution in [0.5, 0.6) is 11.5 Å².